The summed E-state index contributed by atoms with van der Waals surface area (Å²) in [6.07, 6.45) is 3.88. The molecule has 1 aliphatic heterocycles. The first-order valence-corrected chi connectivity index (χ1v) is 8.80. The van der Waals surface area contributed by atoms with E-state index in [1.807, 2.05) is 26.0 Å². The molecule has 0 aliphatic carbocycles. The SMILES string of the molecule is Cc1ccc(-n2cnc3nc(N4CCCC4)[nH]c(=O)c3c2=S)c(C)c1. The van der Waals surface area contributed by atoms with Gasteiger partial charge in [0.15, 0.2) is 5.65 Å². The number of hydrogen-bond acceptors (Lipinski definition) is 5. The van der Waals surface area contributed by atoms with E-state index in [9.17, 15) is 4.79 Å². The Bertz CT molecular complexity index is 1080. The van der Waals surface area contributed by atoms with Crippen LogP contribution >= 0.6 is 12.2 Å². The van der Waals surface area contributed by atoms with Crippen LogP contribution in [0, 0.1) is 18.5 Å². The number of H-pyrrole nitrogens is 1. The summed E-state index contributed by atoms with van der Waals surface area (Å²) < 4.78 is 2.21. The molecule has 1 N–H and O–H groups in total. The van der Waals surface area contributed by atoms with Crippen LogP contribution in [0.4, 0.5) is 5.95 Å². The van der Waals surface area contributed by atoms with Crippen LogP contribution in [0.5, 0.6) is 0 Å². The normalized spacial score (nSPS) is 14.4. The maximum absolute atomic E-state index is 12.7. The van der Waals surface area contributed by atoms with Crippen LogP contribution in [0.1, 0.15) is 24.0 Å². The first-order valence-electron chi connectivity index (χ1n) is 8.39. The average Bonchev–Trinajstić information content (AvgIpc) is 3.10. The first kappa shape index (κ1) is 16.0. The smallest absolute Gasteiger partial charge is 0.264 e. The van der Waals surface area contributed by atoms with Gasteiger partial charge < -0.3 is 4.90 Å². The number of aromatic nitrogens is 4. The predicted octanol–water partition coefficient (Wildman–Crippen LogP) is 3.06. The fourth-order valence-corrected chi connectivity index (χ4v) is 3.68. The van der Waals surface area contributed by atoms with Gasteiger partial charge in [0.25, 0.3) is 5.56 Å². The van der Waals surface area contributed by atoms with Gasteiger partial charge in [-0.05, 0) is 38.3 Å². The zero-order valence-corrected chi connectivity index (χ0v) is 15.1. The lowest BCUT2D eigenvalue weighted by atomic mass is 10.1. The minimum absolute atomic E-state index is 0.233. The Labute approximate surface area is 150 Å². The Morgan fingerprint density at radius 3 is 2.68 bits per heavy atom. The van der Waals surface area contributed by atoms with Gasteiger partial charge in [-0.25, -0.2) is 4.98 Å². The van der Waals surface area contributed by atoms with Crippen molar-refractivity contribution in [3.8, 4) is 5.69 Å². The summed E-state index contributed by atoms with van der Waals surface area (Å²) in [4.78, 5) is 26.6. The standard InChI is InChI=1S/C18H19N5OS/c1-11-5-6-13(12(2)9-11)23-10-19-15-14(17(23)25)16(24)21-18(20-15)22-7-3-4-8-22/h5-6,9-10H,3-4,7-8H2,1-2H3,(H,20,21,24). The van der Waals surface area contributed by atoms with Gasteiger partial charge in [-0.2, -0.15) is 4.98 Å². The van der Waals surface area contributed by atoms with E-state index in [2.05, 4.69) is 25.9 Å². The van der Waals surface area contributed by atoms with E-state index in [1.165, 1.54) is 5.56 Å². The van der Waals surface area contributed by atoms with Crippen molar-refractivity contribution in [2.45, 2.75) is 26.7 Å². The quantitative estimate of drug-likeness (QED) is 0.717. The first-order chi connectivity index (χ1) is 12.0. The molecule has 0 unspecified atom stereocenters. The fraction of sp³-hybridized carbons (Fsp3) is 0.333. The van der Waals surface area contributed by atoms with Crippen molar-refractivity contribution in [1.82, 2.24) is 19.5 Å². The number of nitrogens with zero attached hydrogens (tertiary/aromatic N) is 4. The maximum atomic E-state index is 12.7. The monoisotopic (exact) mass is 353 g/mol. The summed E-state index contributed by atoms with van der Waals surface area (Å²) in [5.41, 5.74) is 3.35. The highest BCUT2D eigenvalue weighted by atomic mass is 32.1. The molecule has 1 aromatic carbocycles. The van der Waals surface area contributed by atoms with Crippen LogP contribution in [-0.2, 0) is 0 Å². The highest BCUT2D eigenvalue weighted by Crippen LogP contribution is 2.20. The van der Waals surface area contributed by atoms with Gasteiger partial charge in [0.1, 0.15) is 16.4 Å². The van der Waals surface area contributed by atoms with E-state index in [-0.39, 0.29) is 5.56 Å². The molecule has 7 heteroatoms. The van der Waals surface area contributed by atoms with Crippen LogP contribution in [0.2, 0.25) is 0 Å². The number of anilines is 1. The zero-order valence-electron chi connectivity index (χ0n) is 14.2. The van der Waals surface area contributed by atoms with Crippen LogP contribution in [0.15, 0.2) is 29.3 Å². The van der Waals surface area contributed by atoms with Gasteiger partial charge in [-0.15, -0.1) is 0 Å². The topological polar surface area (TPSA) is 66.8 Å². The van der Waals surface area contributed by atoms with E-state index in [0.717, 1.165) is 37.2 Å². The molecule has 1 aliphatic rings. The van der Waals surface area contributed by atoms with Gasteiger partial charge in [0.2, 0.25) is 5.95 Å². The van der Waals surface area contributed by atoms with E-state index >= 15 is 0 Å². The Balaban J connectivity index is 1.91. The van der Waals surface area contributed by atoms with Crippen molar-refractivity contribution in [3.63, 3.8) is 0 Å². The number of benzene rings is 1. The van der Waals surface area contributed by atoms with Crippen molar-refractivity contribution in [2.75, 3.05) is 18.0 Å². The Kier molecular flexibility index (Phi) is 3.88. The fourth-order valence-electron chi connectivity index (χ4n) is 3.35. The molecule has 6 nitrogen and oxygen atoms in total. The third kappa shape index (κ3) is 2.74. The second kappa shape index (κ2) is 6.07. The molecule has 0 radical (unpaired) electrons. The summed E-state index contributed by atoms with van der Waals surface area (Å²) in [6.45, 7) is 5.88. The number of nitrogens with one attached hydrogen (secondary N) is 1. The third-order valence-electron chi connectivity index (χ3n) is 4.63. The van der Waals surface area contributed by atoms with E-state index < -0.39 is 0 Å². The minimum Gasteiger partial charge on any atom is -0.342 e. The number of hydrogen-bond donors (Lipinski definition) is 1. The second-order valence-electron chi connectivity index (χ2n) is 6.49. The van der Waals surface area contributed by atoms with Crippen LogP contribution < -0.4 is 10.5 Å². The number of fused-ring (bicyclic) bond motifs is 1. The Morgan fingerprint density at radius 1 is 1.20 bits per heavy atom. The zero-order chi connectivity index (χ0) is 17.6. The largest absolute Gasteiger partial charge is 0.342 e. The maximum Gasteiger partial charge on any atom is 0.264 e. The highest BCUT2D eigenvalue weighted by Gasteiger charge is 2.17. The van der Waals surface area contributed by atoms with Gasteiger partial charge >= 0.3 is 0 Å². The summed E-state index contributed by atoms with van der Waals surface area (Å²) in [7, 11) is 0. The Hall–Kier alpha value is -2.54. The number of aromatic amines is 1. The summed E-state index contributed by atoms with van der Waals surface area (Å²) in [5.74, 6) is 0.584. The van der Waals surface area contributed by atoms with Crippen molar-refractivity contribution in [2.24, 2.45) is 0 Å². The van der Waals surface area contributed by atoms with Gasteiger partial charge in [0.05, 0.1) is 5.69 Å². The molecule has 0 saturated carbocycles. The van der Waals surface area contributed by atoms with Gasteiger partial charge in [-0.3, -0.25) is 14.3 Å². The average molecular weight is 353 g/mol. The van der Waals surface area contributed by atoms with Crippen molar-refractivity contribution >= 4 is 29.2 Å². The molecule has 1 saturated heterocycles. The summed E-state index contributed by atoms with van der Waals surface area (Å²) >= 11 is 5.58. The molecule has 0 amide bonds. The number of rotatable bonds is 2. The molecule has 3 aromatic rings. The summed E-state index contributed by atoms with van der Waals surface area (Å²) in [6, 6.07) is 6.10. The number of aryl methyl sites for hydroxylation is 2. The molecular weight excluding hydrogens is 334 g/mol. The lowest BCUT2D eigenvalue weighted by molar-refractivity contribution is 0.889. The molecule has 25 heavy (non-hydrogen) atoms. The molecule has 2 aromatic heterocycles. The molecule has 0 spiro atoms. The summed E-state index contributed by atoms with van der Waals surface area (Å²) in [5, 5.41) is 0.362. The van der Waals surface area contributed by atoms with Crippen LogP contribution in [-0.4, -0.2) is 32.6 Å². The van der Waals surface area contributed by atoms with Crippen molar-refractivity contribution in [3.05, 3.63) is 50.6 Å². The van der Waals surface area contributed by atoms with Gasteiger partial charge in [0, 0.05) is 13.1 Å². The molecule has 1 fully saturated rings. The predicted molar refractivity (Wildman–Crippen MR) is 101 cm³/mol. The van der Waals surface area contributed by atoms with E-state index in [1.54, 1.807) is 10.9 Å². The minimum atomic E-state index is -0.233. The Morgan fingerprint density at radius 2 is 1.96 bits per heavy atom. The molecule has 0 atom stereocenters. The molecule has 4 rings (SSSR count). The molecular formula is C18H19N5OS. The van der Waals surface area contributed by atoms with Gasteiger partial charge in [-0.1, -0.05) is 29.9 Å². The lowest BCUT2D eigenvalue weighted by Crippen LogP contribution is -2.24. The van der Waals surface area contributed by atoms with Crippen molar-refractivity contribution < 1.29 is 0 Å². The van der Waals surface area contributed by atoms with E-state index in [4.69, 9.17) is 12.2 Å². The van der Waals surface area contributed by atoms with E-state index in [0.29, 0.717) is 21.6 Å². The van der Waals surface area contributed by atoms with Crippen molar-refractivity contribution in [1.29, 1.82) is 0 Å². The second-order valence-corrected chi connectivity index (χ2v) is 6.88. The molecule has 3 heterocycles. The lowest BCUT2D eigenvalue weighted by Gasteiger charge is -2.16. The highest BCUT2D eigenvalue weighted by molar-refractivity contribution is 7.71. The molecule has 0 bridgehead atoms. The van der Waals surface area contributed by atoms with Crippen LogP contribution in [0.3, 0.4) is 0 Å². The van der Waals surface area contributed by atoms with Crippen LogP contribution in [0.25, 0.3) is 16.7 Å². The third-order valence-corrected chi connectivity index (χ3v) is 5.03. The molecule has 128 valence electrons.